The summed E-state index contributed by atoms with van der Waals surface area (Å²) in [6.07, 6.45) is 0.523. The van der Waals surface area contributed by atoms with E-state index in [0.29, 0.717) is 12.0 Å². The van der Waals surface area contributed by atoms with E-state index in [0.717, 1.165) is 10.8 Å². The minimum atomic E-state index is -1.21. The van der Waals surface area contributed by atoms with Crippen LogP contribution in [0.15, 0.2) is 59.5 Å². The molecule has 1 unspecified atom stereocenters. The van der Waals surface area contributed by atoms with Gasteiger partial charge in [-0.2, -0.15) is 0 Å². The average molecular weight is 353 g/mol. The largest absolute Gasteiger partial charge is 0.503 e. The highest BCUT2D eigenvalue weighted by Crippen LogP contribution is 2.29. The minimum absolute atomic E-state index is 0.0433. The molecule has 6 nitrogen and oxygen atoms in total. The second-order valence-electron chi connectivity index (χ2n) is 6.11. The van der Waals surface area contributed by atoms with E-state index in [1.54, 1.807) is 12.1 Å². The molecule has 3 N–H and O–H groups in total. The summed E-state index contributed by atoms with van der Waals surface area (Å²) in [5.41, 5.74) is 0.0177. The zero-order chi connectivity index (χ0) is 18.7. The van der Waals surface area contributed by atoms with Gasteiger partial charge in [0.2, 0.25) is 5.43 Å². The fourth-order valence-corrected chi connectivity index (χ4v) is 3.00. The summed E-state index contributed by atoms with van der Waals surface area (Å²) < 4.78 is 1.53. The number of rotatable bonds is 6. The van der Waals surface area contributed by atoms with Gasteiger partial charge in [-0.25, -0.2) is 0 Å². The molecular weight excluding hydrogens is 334 g/mol. The number of aliphatic carboxylic acids is 1. The molecule has 0 aliphatic carbocycles. The molecule has 1 heterocycles. The number of aromatic nitrogens is 1. The predicted molar refractivity (Wildman–Crippen MR) is 97.2 cm³/mol. The zero-order valence-corrected chi connectivity index (χ0v) is 14.0. The van der Waals surface area contributed by atoms with Crippen molar-refractivity contribution in [1.82, 2.24) is 4.57 Å². The summed E-state index contributed by atoms with van der Waals surface area (Å²) in [6, 6.07) is 14.3. The molecule has 0 spiro atoms. The molecule has 0 saturated heterocycles. The molecule has 0 aliphatic heterocycles. The van der Waals surface area contributed by atoms with Gasteiger partial charge in [-0.3, -0.25) is 9.59 Å². The van der Waals surface area contributed by atoms with Crippen molar-refractivity contribution < 1.29 is 20.1 Å². The Balaban J connectivity index is 2.00. The van der Waals surface area contributed by atoms with Gasteiger partial charge in [-0.05, 0) is 28.8 Å². The number of aliphatic hydroxyl groups excluding tert-OH is 1. The molecule has 0 bridgehead atoms. The van der Waals surface area contributed by atoms with Crippen molar-refractivity contribution in [2.45, 2.75) is 25.5 Å². The normalized spacial score (nSPS) is 12.2. The third kappa shape index (κ3) is 3.60. The van der Waals surface area contributed by atoms with E-state index in [1.807, 2.05) is 30.3 Å². The van der Waals surface area contributed by atoms with Gasteiger partial charge in [-0.1, -0.05) is 36.4 Å². The number of carboxylic acids is 1. The van der Waals surface area contributed by atoms with Crippen LogP contribution in [-0.2, 0) is 11.3 Å². The fourth-order valence-electron chi connectivity index (χ4n) is 3.00. The van der Waals surface area contributed by atoms with Crippen LogP contribution in [0.2, 0.25) is 0 Å². The van der Waals surface area contributed by atoms with Gasteiger partial charge in [0.1, 0.15) is 6.10 Å². The molecule has 0 saturated carbocycles. The first-order chi connectivity index (χ1) is 12.5. The van der Waals surface area contributed by atoms with Gasteiger partial charge in [0.25, 0.3) is 0 Å². The Labute approximate surface area is 149 Å². The van der Waals surface area contributed by atoms with Crippen LogP contribution in [0.5, 0.6) is 5.75 Å². The zero-order valence-electron chi connectivity index (χ0n) is 14.0. The summed E-state index contributed by atoms with van der Waals surface area (Å²) in [5, 5.41) is 31.8. The molecule has 0 radical (unpaired) electrons. The molecular formula is C20H19NO5. The van der Waals surface area contributed by atoms with Crippen LogP contribution in [0.25, 0.3) is 10.8 Å². The molecule has 0 amide bonds. The standard InChI is InChI=1S/C20H19NO5/c22-16-9-11-21(10-3-6-17(23)24)18(20(16)26)19(25)15-8-7-13-4-1-2-5-14(13)12-15/h1-2,4-5,7-9,11-12,19,25-26H,3,6,10H2,(H,23,24). The van der Waals surface area contributed by atoms with Gasteiger partial charge in [-0.15, -0.1) is 0 Å². The highest BCUT2D eigenvalue weighted by atomic mass is 16.4. The number of aliphatic hydroxyl groups is 1. The third-order valence-electron chi connectivity index (χ3n) is 4.33. The first kappa shape index (κ1) is 17.7. The van der Waals surface area contributed by atoms with Crippen molar-refractivity contribution in [1.29, 1.82) is 0 Å². The molecule has 3 rings (SSSR count). The summed E-state index contributed by atoms with van der Waals surface area (Å²) >= 11 is 0. The van der Waals surface area contributed by atoms with E-state index in [-0.39, 0.29) is 18.7 Å². The molecule has 2 aromatic carbocycles. The van der Waals surface area contributed by atoms with Crippen LogP contribution in [0.1, 0.15) is 30.2 Å². The second kappa shape index (κ2) is 7.41. The number of aromatic hydroxyl groups is 1. The molecule has 134 valence electrons. The number of hydrogen-bond acceptors (Lipinski definition) is 4. The van der Waals surface area contributed by atoms with Gasteiger partial charge in [0.05, 0.1) is 5.69 Å². The molecule has 0 aliphatic rings. The van der Waals surface area contributed by atoms with Crippen molar-refractivity contribution in [2.75, 3.05) is 0 Å². The lowest BCUT2D eigenvalue weighted by Gasteiger charge is -2.19. The number of carboxylic acid groups (broad SMARTS) is 1. The van der Waals surface area contributed by atoms with Crippen LogP contribution < -0.4 is 5.43 Å². The molecule has 1 aromatic heterocycles. The Morgan fingerprint density at radius 2 is 1.81 bits per heavy atom. The highest BCUT2D eigenvalue weighted by molar-refractivity contribution is 5.83. The average Bonchev–Trinajstić information content (AvgIpc) is 2.63. The van der Waals surface area contributed by atoms with Crippen molar-refractivity contribution in [2.24, 2.45) is 0 Å². The van der Waals surface area contributed by atoms with Crippen LogP contribution in [0, 0.1) is 0 Å². The molecule has 0 fully saturated rings. The number of pyridine rings is 1. The van der Waals surface area contributed by atoms with E-state index < -0.39 is 23.3 Å². The number of carbonyl (C=O) groups is 1. The Bertz CT molecular complexity index is 1010. The van der Waals surface area contributed by atoms with E-state index in [2.05, 4.69) is 0 Å². The van der Waals surface area contributed by atoms with Gasteiger partial charge >= 0.3 is 5.97 Å². The molecule has 26 heavy (non-hydrogen) atoms. The third-order valence-corrected chi connectivity index (χ3v) is 4.33. The Kier molecular flexibility index (Phi) is 5.04. The Morgan fingerprint density at radius 3 is 2.54 bits per heavy atom. The first-order valence-electron chi connectivity index (χ1n) is 8.28. The molecule has 1 atom stereocenters. The van der Waals surface area contributed by atoms with Crippen LogP contribution in [-0.4, -0.2) is 25.9 Å². The number of aryl methyl sites for hydroxylation is 1. The molecule has 3 aromatic rings. The minimum Gasteiger partial charge on any atom is -0.503 e. The summed E-state index contributed by atoms with van der Waals surface area (Å²) in [4.78, 5) is 22.6. The summed E-state index contributed by atoms with van der Waals surface area (Å²) in [7, 11) is 0. The Morgan fingerprint density at radius 1 is 1.08 bits per heavy atom. The van der Waals surface area contributed by atoms with Gasteiger partial charge in [0, 0.05) is 25.2 Å². The summed E-state index contributed by atoms with van der Waals surface area (Å²) in [5.74, 6) is -1.45. The lowest BCUT2D eigenvalue weighted by Crippen LogP contribution is -2.17. The van der Waals surface area contributed by atoms with Crippen LogP contribution in [0.3, 0.4) is 0 Å². The molecule has 6 heteroatoms. The smallest absolute Gasteiger partial charge is 0.303 e. The lowest BCUT2D eigenvalue weighted by molar-refractivity contribution is -0.137. The number of hydrogen-bond donors (Lipinski definition) is 3. The van der Waals surface area contributed by atoms with E-state index in [9.17, 15) is 19.8 Å². The second-order valence-corrected chi connectivity index (χ2v) is 6.11. The van der Waals surface area contributed by atoms with Crippen molar-refractivity contribution >= 4 is 16.7 Å². The first-order valence-corrected chi connectivity index (χ1v) is 8.28. The quantitative estimate of drug-likeness (QED) is 0.633. The van der Waals surface area contributed by atoms with Crippen LogP contribution in [0.4, 0.5) is 0 Å². The Hall–Kier alpha value is -3.12. The van der Waals surface area contributed by atoms with E-state index in [1.165, 1.54) is 16.8 Å². The monoisotopic (exact) mass is 353 g/mol. The predicted octanol–water partition coefficient (Wildman–Crippen LogP) is 2.65. The lowest BCUT2D eigenvalue weighted by atomic mass is 10.0. The maximum absolute atomic E-state index is 11.9. The maximum atomic E-state index is 11.9. The summed E-state index contributed by atoms with van der Waals surface area (Å²) in [6.45, 7) is 0.264. The fraction of sp³-hybridized carbons (Fsp3) is 0.200. The highest BCUT2D eigenvalue weighted by Gasteiger charge is 2.20. The van der Waals surface area contributed by atoms with Crippen molar-refractivity contribution in [3.63, 3.8) is 0 Å². The topological polar surface area (TPSA) is 99.8 Å². The van der Waals surface area contributed by atoms with E-state index >= 15 is 0 Å². The van der Waals surface area contributed by atoms with E-state index in [4.69, 9.17) is 5.11 Å². The SMILES string of the molecule is O=C(O)CCCn1ccc(=O)c(O)c1C(O)c1ccc2ccccc2c1. The van der Waals surface area contributed by atoms with Gasteiger partial charge in [0.15, 0.2) is 5.75 Å². The van der Waals surface area contributed by atoms with Crippen LogP contribution >= 0.6 is 0 Å². The van der Waals surface area contributed by atoms with Crippen molar-refractivity contribution in [3.8, 4) is 5.75 Å². The number of nitrogens with zero attached hydrogens (tertiary/aromatic N) is 1. The van der Waals surface area contributed by atoms with Crippen molar-refractivity contribution in [3.05, 3.63) is 76.2 Å². The van der Waals surface area contributed by atoms with Gasteiger partial charge < -0.3 is 19.9 Å². The number of benzene rings is 2. The number of fused-ring (bicyclic) bond motifs is 1. The maximum Gasteiger partial charge on any atom is 0.303 e.